The number of aromatic amines is 1. The molecule has 0 spiro atoms. The van der Waals surface area contributed by atoms with E-state index >= 15 is 0 Å². The lowest BCUT2D eigenvalue weighted by Crippen LogP contribution is -2.12. The van der Waals surface area contributed by atoms with Gasteiger partial charge >= 0.3 is 0 Å². The maximum Gasteiger partial charge on any atom is 0.266 e. The summed E-state index contributed by atoms with van der Waals surface area (Å²) in [5.41, 5.74) is -0.137. The minimum Gasteiger partial charge on any atom is -0.312 e. The van der Waals surface area contributed by atoms with Crippen molar-refractivity contribution in [1.29, 1.82) is 0 Å². The molecule has 1 aromatic heterocycles. The van der Waals surface area contributed by atoms with Crippen LogP contribution in [0.5, 0.6) is 0 Å². The highest BCUT2D eigenvalue weighted by atomic mass is 79.9. The molecule has 0 aliphatic rings. The Morgan fingerprint density at radius 3 is 2.69 bits per heavy atom. The van der Waals surface area contributed by atoms with Gasteiger partial charge in [-0.25, -0.2) is 4.98 Å². The molecule has 72 valence electrons. The molecule has 0 amide bonds. The van der Waals surface area contributed by atoms with Gasteiger partial charge < -0.3 is 4.98 Å². The quantitative estimate of drug-likeness (QED) is 0.625. The van der Waals surface area contributed by atoms with Crippen LogP contribution in [0.4, 0.5) is 0 Å². The molecule has 1 heterocycles. The van der Waals surface area contributed by atoms with Crippen LogP contribution in [-0.4, -0.2) is 14.7 Å². The third-order valence-corrected chi connectivity index (χ3v) is 3.28. The molecule has 1 N–H and O–H groups in total. The van der Waals surface area contributed by atoms with Gasteiger partial charge in [-0.1, -0.05) is 32.5 Å². The minimum atomic E-state index is -0.137. The van der Waals surface area contributed by atoms with E-state index in [9.17, 15) is 4.79 Å². The number of nitrogens with zero attached hydrogens (tertiary/aromatic N) is 1. The molecular formula is C8H11BrN2OS. The molecule has 1 aromatic rings. The molecule has 13 heavy (non-hydrogen) atoms. The Labute approximate surface area is 89.5 Å². The van der Waals surface area contributed by atoms with Gasteiger partial charge in [-0.3, -0.25) is 4.79 Å². The molecule has 0 aromatic carbocycles. The number of rotatable bonds is 1. The highest BCUT2D eigenvalue weighted by molar-refractivity contribution is 9.10. The SMILES string of the molecule is CC(C)(C)Sc1nc[nH]c(=O)c1Br. The zero-order valence-electron chi connectivity index (χ0n) is 7.72. The van der Waals surface area contributed by atoms with Crippen LogP contribution >= 0.6 is 27.7 Å². The number of nitrogens with one attached hydrogen (secondary N) is 1. The zero-order valence-corrected chi connectivity index (χ0v) is 10.1. The monoisotopic (exact) mass is 262 g/mol. The van der Waals surface area contributed by atoms with E-state index in [0.717, 1.165) is 5.03 Å². The van der Waals surface area contributed by atoms with E-state index in [4.69, 9.17) is 0 Å². The molecule has 1 rings (SSSR count). The first-order valence-electron chi connectivity index (χ1n) is 3.82. The number of aromatic nitrogens is 2. The molecule has 0 atom stereocenters. The van der Waals surface area contributed by atoms with Crippen LogP contribution in [0.2, 0.25) is 0 Å². The highest BCUT2D eigenvalue weighted by Gasteiger charge is 2.16. The van der Waals surface area contributed by atoms with Crippen LogP contribution in [-0.2, 0) is 0 Å². The van der Waals surface area contributed by atoms with Crippen molar-refractivity contribution in [3.8, 4) is 0 Å². The van der Waals surface area contributed by atoms with Crippen LogP contribution in [0.15, 0.2) is 20.6 Å². The van der Waals surface area contributed by atoms with E-state index in [0.29, 0.717) is 4.47 Å². The molecule has 3 nitrogen and oxygen atoms in total. The predicted octanol–water partition coefficient (Wildman–Crippen LogP) is 2.42. The Kier molecular flexibility index (Phi) is 3.18. The fourth-order valence-electron chi connectivity index (χ4n) is 0.728. The largest absolute Gasteiger partial charge is 0.312 e. The fraction of sp³-hybridized carbons (Fsp3) is 0.500. The summed E-state index contributed by atoms with van der Waals surface area (Å²) in [6.45, 7) is 6.23. The molecule has 0 fully saturated rings. The maximum absolute atomic E-state index is 11.2. The van der Waals surface area contributed by atoms with Crippen molar-refractivity contribution in [2.24, 2.45) is 0 Å². The van der Waals surface area contributed by atoms with Gasteiger partial charge in [0.15, 0.2) is 0 Å². The molecule has 0 aliphatic heterocycles. The third kappa shape index (κ3) is 3.15. The summed E-state index contributed by atoms with van der Waals surface area (Å²) in [4.78, 5) is 17.8. The summed E-state index contributed by atoms with van der Waals surface area (Å²) < 4.78 is 0.568. The Hall–Kier alpha value is -0.290. The standard InChI is InChI=1S/C8H11BrN2OS/c1-8(2,3)13-7-5(9)6(12)10-4-11-7/h4H,1-3H3,(H,10,11,12). The van der Waals surface area contributed by atoms with Gasteiger partial charge in [-0.2, -0.15) is 0 Å². The van der Waals surface area contributed by atoms with Crippen LogP contribution in [0.25, 0.3) is 0 Å². The van der Waals surface area contributed by atoms with Crippen molar-refractivity contribution >= 4 is 27.7 Å². The van der Waals surface area contributed by atoms with Crippen molar-refractivity contribution in [2.45, 2.75) is 30.5 Å². The second-order valence-corrected chi connectivity index (χ2v) is 6.17. The second kappa shape index (κ2) is 3.84. The Bertz CT molecular complexity index is 356. The first-order chi connectivity index (χ1) is 5.90. The number of hydrogen-bond donors (Lipinski definition) is 1. The van der Waals surface area contributed by atoms with Crippen LogP contribution in [0, 0.1) is 0 Å². The predicted molar refractivity (Wildman–Crippen MR) is 58.2 cm³/mol. The van der Waals surface area contributed by atoms with Crippen molar-refractivity contribution < 1.29 is 0 Å². The third-order valence-electron chi connectivity index (χ3n) is 1.17. The molecular weight excluding hydrogens is 252 g/mol. The molecule has 0 bridgehead atoms. The zero-order chi connectivity index (χ0) is 10.1. The fourth-order valence-corrected chi connectivity index (χ4v) is 2.06. The summed E-state index contributed by atoms with van der Waals surface area (Å²) in [6, 6.07) is 0. The molecule has 0 aliphatic carbocycles. The van der Waals surface area contributed by atoms with Gasteiger partial charge in [-0.15, -0.1) is 0 Å². The molecule has 0 radical (unpaired) electrons. The first kappa shape index (κ1) is 10.8. The average molecular weight is 263 g/mol. The molecule has 0 saturated heterocycles. The van der Waals surface area contributed by atoms with E-state index < -0.39 is 0 Å². The maximum atomic E-state index is 11.2. The van der Waals surface area contributed by atoms with Crippen molar-refractivity contribution in [3.63, 3.8) is 0 Å². The van der Waals surface area contributed by atoms with Crippen LogP contribution < -0.4 is 5.56 Å². The lowest BCUT2D eigenvalue weighted by atomic mass is 10.3. The lowest BCUT2D eigenvalue weighted by Gasteiger charge is -2.16. The molecule has 5 heteroatoms. The van der Waals surface area contributed by atoms with Gasteiger partial charge in [-0.05, 0) is 15.9 Å². The van der Waals surface area contributed by atoms with Crippen molar-refractivity contribution in [1.82, 2.24) is 9.97 Å². The number of halogens is 1. The van der Waals surface area contributed by atoms with Gasteiger partial charge in [0.1, 0.15) is 9.50 Å². The average Bonchev–Trinajstić information content (AvgIpc) is 1.96. The van der Waals surface area contributed by atoms with E-state index in [-0.39, 0.29) is 10.3 Å². The van der Waals surface area contributed by atoms with Gasteiger partial charge in [0.05, 0.1) is 6.33 Å². The summed E-state index contributed by atoms with van der Waals surface area (Å²) in [5.74, 6) is 0. The highest BCUT2D eigenvalue weighted by Crippen LogP contribution is 2.32. The normalized spacial score (nSPS) is 11.7. The number of H-pyrrole nitrogens is 1. The molecule has 0 unspecified atom stereocenters. The van der Waals surface area contributed by atoms with Crippen LogP contribution in [0.3, 0.4) is 0 Å². The Morgan fingerprint density at radius 2 is 2.15 bits per heavy atom. The smallest absolute Gasteiger partial charge is 0.266 e. The second-order valence-electron chi connectivity index (χ2n) is 3.57. The summed E-state index contributed by atoms with van der Waals surface area (Å²) in [6.07, 6.45) is 1.42. The topological polar surface area (TPSA) is 45.8 Å². The lowest BCUT2D eigenvalue weighted by molar-refractivity contribution is 0.796. The minimum absolute atomic E-state index is 0.0588. The van der Waals surface area contributed by atoms with E-state index in [2.05, 4.69) is 46.7 Å². The number of thioether (sulfide) groups is 1. The Morgan fingerprint density at radius 1 is 1.54 bits per heavy atom. The number of hydrogen-bond acceptors (Lipinski definition) is 3. The first-order valence-corrected chi connectivity index (χ1v) is 5.43. The van der Waals surface area contributed by atoms with E-state index in [1.807, 2.05) is 0 Å². The summed E-state index contributed by atoms with van der Waals surface area (Å²) in [5, 5.41) is 0.733. The summed E-state index contributed by atoms with van der Waals surface area (Å²) >= 11 is 4.77. The van der Waals surface area contributed by atoms with E-state index in [1.54, 1.807) is 11.8 Å². The van der Waals surface area contributed by atoms with Gasteiger partial charge in [0.2, 0.25) is 0 Å². The van der Waals surface area contributed by atoms with Gasteiger partial charge in [0.25, 0.3) is 5.56 Å². The van der Waals surface area contributed by atoms with Crippen LogP contribution in [0.1, 0.15) is 20.8 Å². The van der Waals surface area contributed by atoms with Crippen molar-refractivity contribution in [2.75, 3.05) is 0 Å². The van der Waals surface area contributed by atoms with E-state index in [1.165, 1.54) is 6.33 Å². The van der Waals surface area contributed by atoms with Crippen molar-refractivity contribution in [3.05, 3.63) is 21.2 Å². The Balaban J connectivity index is 3.03. The molecule has 0 saturated carbocycles. The summed E-state index contributed by atoms with van der Waals surface area (Å²) in [7, 11) is 0. The van der Waals surface area contributed by atoms with Gasteiger partial charge in [0, 0.05) is 4.75 Å².